The summed E-state index contributed by atoms with van der Waals surface area (Å²) in [5.74, 6) is 0. The Bertz CT molecular complexity index is 500. The Hall–Kier alpha value is -0.940. The molecule has 3 aliphatic heterocycles. The lowest BCUT2D eigenvalue weighted by Gasteiger charge is -2.60. The monoisotopic (exact) mass is 287 g/mol. The Morgan fingerprint density at radius 2 is 1.90 bits per heavy atom. The van der Waals surface area contributed by atoms with Crippen molar-refractivity contribution < 1.29 is 5.11 Å². The molecule has 0 amide bonds. The highest BCUT2D eigenvalue weighted by Gasteiger charge is 2.54. The summed E-state index contributed by atoms with van der Waals surface area (Å²) >= 11 is 0. The average molecular weight is 287 g/mol. The van der Waals surface area contributed by atoms with Crippen molar-refractivity contribution >= 4 is 0 Å². The molecule has 4 heteroatoms. The second-order valence-electron chi connectivity index (χ2n) is 7.25. The molecule has 3 aliphatic rings. The van der Waals surface area contributed by atoms with Crippen molar-refractivity contribution in [3.05, 3.63) is 35.9 Å². The van der Waals surface area contributed by atoms with Crippen molar-refractivity contribution in [1.82, 2.24) is 14.7 Å². The zero-order valence-electron chi connectivity index (χ0n) is 12.8. The molecule has 3 fully saturated rings. The number of nitrogens with zero attached hydrogens (tertiary/aromatic N) is 3. The van der Waals surface area contributed by atoms with Crippen LogP contribution in [0.3, 0.4) is 0 Å². The highest BCUT2D eigenvalue weighted by molar-refractivity contribution is 5.17. The molecular formula is C17H25N3O. The van der Waals surface area contributed by atoms with Gasteiger partial charge in [0.05, 0.1) is 11.6 Å². The molecule has 0 aromatic heterocycles. The van der Waals surface area contributed by atoms with E-state index in [1.54, 1.807) is 0 Å². The Labute approximate surface area is 127 Å². The molecule has 3 saturated heterocycles. The third kappa shape index (κ3) is 2.40. The van der Waals surface area contributed by atoms with Gasteiger partial charge in [-0.3, -0.25) is 9.80 Å². The van der Waals surface area contributed by atoms with Crippen LogP contribution in [0.2, 0.25) is 0 Å². The number of β-amino-alcohol motifs (C(OH)–C–C–N with tert-alkyl or cyclic N) is 1. The predicted octanol–water partition coefficient (Wildman–Crippen LogP) is 0.622. The number of piperazine rings is 1. The minimum atomic E-state index is -0.130. The number of likely N-dealkylation sites (N-methyl/N-ethyl adjacent to an activating group) is 1. The number of aliphatic hydroxyl groups excluding tert-OH is 1. The van der Waals surface area contributed by atoms with E-state index in [2.05, 4.69) is 52.1 Å². The van der Waals surface area contributed by atoms with Crippen molar-refractivity contribution in [1.29, 1.82) is 0 Å². The van der Waals surface area contributed by atoms with E-state index in [4.69, 9.17) is 0 Å². The molecule has 0 aliphatic carbocycles. The largest absolute Gasteiger partial charge is 0.392 e. The number of hydrogen-bond acceptors (Lipinski definition) is 4. The van der Waals surface area contributed by atoms with Gasteiger partial charge in [0.1, 0.15) is 0 Å². The maximum Gasteiger partial charge on any atom is 0.0682 e. The SMILES string of the molecule is CN1CC2(C1)CN(Cc1ccccc1)CC1CC(O)CN12. The first-order chi connectivity index (χ1) is 10.1. The molecule has 1 N–H and O–H groups in total. The van der Waals surface area contributed by atoms with Gasteiger partial charge in [-0.05, 0) is 19.0 Å². The summed E-state index contributed by atoms with van der Waals surface area (Å²) in [5, 5.41) is 10.1. The van der Waals surface area contributed by atoms with Gasteiger partial charge in [0, 0.05) is 45.3 Å². The van der Waals surface area contributed by atoms with E-state index in [1.807, 2.05) is 0 Å². The van der Waals surface area contributed by atoms with E-state index in [0.717, 1.165) is 45.7 Å². The zero-order chi connectivity index (χ0) is 14.4. The molecule has 2 unspecified atom stereocenters. The lowest BCUT2D eigenvalue weighted by Crippen LogP contribution is -2.77. The summed E-state index contributed by atoms with van der Waals surface area (Å²) in [5.41, 5.74) is 1.68. The molecule has 1 spiro atoms. The van der Waals surface area contributed by atoms with E-state index in [-0.39, 0.29) is 11.6 Å². The molecule has 4 nitrogen and oxygen atoms in total. The molecule has 1 aromatic rings. The fourth-order valence-corrected chi connectivity index (χ4v) is 4.72. The summed E-state index contributed by atoms with van der Waals surface area (Å²) in [7, 11) is 2.20. The summed E-state index contributed by atoms with van der Waals surface area (Å²) in [6.07, 6.45) is 0.811. The number of rotatable bonds is 2. The summed E-state index contributed by atoms with van der Waals surface area (Å²) in [6, 6.07) is 11.3. The van der Waals surface area contributed by atoms with E-state index in [0.29, 0.717) is 6.04 Å². The minimum absolute atomic E-state index is 0.130. The Morgan fingerprint density at radius 3 is 2.62 bits per heavy atom. The fraction of sp³-hybridized carbons (Fsp3) is 0.647. The van der Waals surface area contributed by atoms with Gasteiger partial charge in [-0.15, -0.1) is 0 Å². The fourth-order valence-electron chi connectivity index (χ4n) is 4.72. The summed E-state index contributed by atoms with van der Waals surface area (Å²) in [4.78, 5) is 7.61. The van der Waals surface area contributed by atoms with Crippen LogP contribution in [0.1, 0.15) is 12.0 Å². The molecular weight excluding hydrogens is 262 g/mol. The molecule has 0 saturated carbocycles. The second kappa shape index (κ2) is 5.06. The molecule has 2 atom stereocenters. The van der Waals surface area contributed by atoms with Crippen LogP contribution in [0, 0.1) is 0 Å². The Kier molecular flexibility index (Phi) is 3.30. The van der Waals surface area contributed by atoms with Crippen molar-refractivity contribution in [3.8, 4) is 0 Å². The Morgan fingerprint density at radius 1 is 1.14 bits per heavy atom. The number of hydrogen-bond donors (Lipinski definition) is 1. The highest BCUT2D eigenvalue weighted by Crippen LogP contribution is 2.38. The molecule has 0 radical (unpaired) electrons. The quantitative estimate of drug-likeness (QED) is 0.864. The van der Waals surface area contributed by atoms with Gasteiger partial charge in [0.25, 0.3) is 0 Å². The van der Waals surface area contributed by atoms with Crippen LogP contribution < -0.4 is 0 Å². The van der Waals surface area contributed by atoms with Crippen molar-refractivity contribution in [2.75, 3.05) is 39.8 Å². The Balaban J connectivity index is 1.52. The second-order valence-corrected chi connectivity index (χ2v) is 7.25. The number of likely N-dealkylation sites (tertiary alicyclic amines) is 1. The molecule has 1 aromatic carbocycles. The molecule has 21 heavy (non-hydrogen) atoms. The van der Waals surface area contributed by atoms with Gasteiger partial charge in [-0.1, -0.05) is 30.3 Å². The van der Waals surface area contributed by atoms with Gasteiger partial charge in [-0.2, -0.15) is 0 Å². The predicted molar refractivity (Wildman–Crippen MR) is 83.1 cm³/mol. The highest BCUT2D eigenvalue weighted by atomic mass is 16.3. The molecule has 114 valence electrons. The third-order valence-corrected chi connectivity index (χ3v) is 5.37. The van der Waals surface area contributed by atoms with Gasteiger partial charge >= 0.3 is 0 Å². The molecule has 0 bridgehead atoms. The van der Waals surface area contributed by atoms with Crippen LogP contribution in [0.4, 0.5) is 0 Å². The minimum Gasteiger partial charge on any atom is -0.392 e. The molecule has 3 heterocycles. The van der Waals surface area contributed by atoms with Gasteiger partial charge in [0.2, 0.25) is 0 Å². The first kappa shape index (κ1) is 13.7. The number of fused-ring (bicyclic) bond motifs is 2. The van der Waals surface area contributed by atoms with E-state index >= 15 is 0 Å². The lowest BCUT2D eigenvalue weighted by atomic mass is 9.84. The van der Waals surface area contributed by atoms with Crippen LogP contribution in [0.25, 0.3) is 0 Å². The van der Waals surface area contributed by atoms with Crippen LogP contribution in [-0.4, -0.2) is 77.3 Å². The first-order valence-electron chi connectivity index (χ1n) is 8.04. The van der Waals surface area contributed by atoms with Crippen LogP contribution in [0.15, 0.2) is 30.3 Å². The van der Waals surface area contributed by atoms with E-state index in [9.17, 15) is 5.11 Å². The topological polar surface area (TPSA) is 30.0 Å². The van der Waals surface area contributed by atoms with E-state index in [1.165, 1.54) is 5.56 Å². The third-order valence-electron chi connectivity index (χ3n) is 5.37. The van der Waals surface area contributed by atoms with Crippen molar-refractivity contribution in [2.45, 2.75) is 30.7 Å². The first-order valence-corrected chi connectivity index (χ1v) is 8.04. The van der Waals surface area contributed by atoms with Crippen molar-refractivity contribution in [3.63, 3.8) is 0 Å². The van der Waals surface area contributed by atoms with Crippen molar-refractivity contribution in [2.24, 2.45) is 0 Å². The molecule has 4 rings (SSSR count). The normalized spacial score (nSPS) is 33.0. The zero-order valence-corrected chi connectivity index (χ0v) is 12.8. The summed E-state index contributed by atoms with van der Waals surface area (Å²) in [6.45, 7) is 6.42. The van der Waals surface area contributed by atoms with Gasteiger partial charge < -0.3 is 10.0 Å². The van der Waals surface area contributed by atoms with E-state index < -0.39 is 0 Å². The van der Waals surface area contributed by atoms with Gasteiger partial charge in [0.15, 0.2) is 0 Å². The van der Waals surface area contributed by atoms with Crippen LogP contribution in [0.5, 0.6) is 0 Å². The van der Waals surface area contributed by atoms with Gasteiger partial charge in [-0.25, -0.2) is 0 Å². The number of benzene rings is 1. The maximum absolute atomic E-state index is 10.1. The lowest BCUT2D eigenvalue weighted by molar-refractivity contribution is -0.107. The average Bonchev–Trinajstić information content (AvgIpc) is 2.79. The number of aliphatic hydroxyl groups is 1. The van der Waals surface area contributed by atoms with Crippen LogP contribution >= 0.6 is 0 Å². The maximum atomic E-state index is 10.1. The smallest absolute Gasteiger partial charge is 0.0682 e. The van der Waals surface area contributed by atoms with Crippen LogP contribution in [-0.2, 0) is 6.54 Å². The standard InChI is InChI=1S/C17H25N3O/c1-18-11-17(12-18)13-19(8-14-5-3-2-4-6-14)9-15-7-16(21)10-20(15)17/h2-6,15-16,21H,7-13H2,1H3. The summed E-state index contributed by atoms with van der Waals surface area (Å²) < 4.78 is 0.